The Bertz CT molecular complexity index is 466. The van der Waals surface area contributed by atoms with Crippen molar-refractivity contribution in [3.05, 3.63) is 35.4 Å². The number of carbonyl (C=O) groups excluding carboxylic acids is 1. The van der Waals surface area contributed by atoms with Crippen molar-refractivity contribution in [2.45, 2.75) is 25.5 Å². The average Bonchev–Trinajstić information content (AvgIpc) is 2.33. The molecule has 4 nitrogen and oxygen atoms in total. The van der Waals surface area contributed by atoms with Gasteiger partial charge in [-0.25, -0.2) is 8.78 Å². The summed E-state index contributed by atoms with van der Waals surface area (Å²) in [5, 5.41) is 9.82. The highest BCUT2D eigenvalue weighted by Crippen LogP contribution is 2.12. The predicted molar refractivity (Wildman–Crippen MR) is 85.0 cm³/mol. The molecular weight excluding hydrogens is 322 g/mol. The minimum Gasteiger partial charge on any atom is -0.390 e. The van der Waals surface area contributed by atoms with Crippen LogP contribution >= 0.6 is 25.9 Å². The first-order chi connectivity index (χ1) is 8.81. The predicted octanol–water partition coefficient (Wildman–Crippen LogP) is 1.21. The van der Waals surface area contributed by atoms with E-state index in [1.54, 1.807) is 0 Å². The van der Waals surface area contributed by atoms with E-state index in [2.05, 4.69) is 0 Å². The zero-order valence-electron chi connectivity index (χ0n) is 11.8. The second kappa shape index (κ2) is 9.94. The molecule has 1 aromatic carbocycles. The van der Waals surface area contributed by atoms with E-state index < -0.39 is 23.8 Å². The number of rotatable bonds is 5. The topological polar surface area (TPSA) is 66.6 Å². The number of hydrogen-bond acceptors (Lipinski definition) is 3. The molecule has 0 fully saturated rings. The number of halogens is 3. The van der Waals surface area contributed by atoms with Crippen molar-refractivity contribution in [2.75, 3.05) is 13.6 Å². The van der Waals surface area contributed by atoms with Gasteiger partial charge in [-0.05, 0) is 30.2 Å². The monoisotopic (exact) mass is 342 g/mol. The number of amides is 1. The molecule has 0 saturated carbocycles. The van der Waals surface area contributed by atoms with Gasteiger partial charge in [0.1, 0.15) is 11.6 Å². The smallest absolute Gasteiger partial charge is 0.219 e. The summed E-state index contributed by atoms with van der Waals surface area (Å²) in [4.78, 5) is 12.3. The fourth-order valence-electron chi connectivity index (χ4n) is 1.63. The Morgan fingerprint density at radius 3 is 2.52 bits per heavy atom. The van der Waals surface area contributed by atoms with Gasteiger partial charge in [-0.2, -0.15) is 13.5 Å². The maximum Gasteiger partial charge on any atom is 0.219 e. The second-order valence-electron chi connectivity index (χ2n) is 4.57. The van der Waals surface area contributed by atoms with Crippen LogP contribution in [0.5, 0.6) is 0 Å². The van der Waals surface area contributed by atoms with Crippen LogP contribution in [-0.4, -0.2) is 41.7 Å². The Balaban J connectivity index is 0. The van der Waals surface area contributed by atoms with Crippen LogP contribution < -0.4 is 5.73 Å². The third-order valence-corrected chi connectivity index (χ3v) is 2.96. The molecule has 0 aliphatic rings. The average molecular weight is 343 g/mol. The van der Waals surface area contributed by atoms with E-state index >= 15 is 0 Å². The van der Waals surface area contributed by atoms with Gasteiger partial charge in [0.05, 0.1) is 6.10 Å². The van der Waals surface area contributed by atoms with E-state index in [-0.39, 0.29) is 50.3 Å². The van der Waals surface area contributed by atoms with Crippen LogP contribution in [0.2, 0.25) is 0 Å². The molecule has 0 unspecified atom stereocenters. The molecule has 1 rings (SSSR count). The van der Waals surface area contributed by atoms with Crippen LogP contribution in [-0.2, 0) is 11.2 Å². The van der Waals surface area contributed by atoms with E-state index in [1.807, 2.05) is 0 Å². The van der Waals surface area contributed by atoms with Crippen LogP contribution in [0.1, 0.15) is 12.5 Å². The van der Waals surface area contributed by atoms with E-state index in [4.69, 9.17) is 5.73 Å². The molecular formula is C13H21ClF2N2O2S. The second-order valence-corrected chi connectivity index (χ2v) is 4.57. The lowest BCUT2D eigenvalue weighted by Crippen LogP contribution is -2.44. The van der Waals surface area contributed by atoms with Crippen LogP contribution in [0, 0.1) is 11.6 Å². The lowest BCUT2D eigenvalue weighted by molar-refractivity contribution is -0.128. The Hall–Kier alpha value is -0.890. The van der Waals surface area contributed by atoms with Crippen LogP contribution in [0.15, 0.2) is 18.2 Å². The summed E-state index contributed by atoms with van der Waals surface area (Å²) in [6.45, 7) is 1.41. The third kappa shape index (κ3) is 7.08. The van der Waals surface area contributed by atoms with E-state index in [0.29, 0.717) is 0 Å². The van der Waals surface area contributed by atoms with Gasteiger partial charge in [-0.3, -0.25) is 4.79 Å². The number of nitrogens with two attached hydrogens (primary N) is 1. The number of aliphatic hydroxyl groups is 1. The molecule has 3 N–H and O–H groups in total. The van der Waals surface area contributed by atoms with Crippen LogP contribution in [0.4, 0.5) is 8.78 Å². The molecule has 0 spiro atoms. The molecule has 21 heavy (non-hydrogen) atoms. The molecule has 8 heteroatoms. The standard InChI is InChI=1S/C13H18F2N2O2.ClH.H2S/c1-8(18)17(2)7-13(19)12(16)6-9-5-10(14)3-4-11(9)15;;/h3-5,12-13,19H,6-7,16H2,1-2H3;1H;1H2/t12-,13+;;/m1../s1. The summed E-state index contributed by atoms with van der Waals surface area (Å²) < 4.78 is 26.4. The molecule has 0 radical (unpaired) electrons. The minimum absolute atomic E-state index is 0. The maximum atomic E-state index is 13.4. The van der Waals surface area contributed by atoms with Crippen molar-refractivity contribution in [1.82, 2.24) is 4.90 Å². The molecule has 0 aliphatic heterocycles. The highest BCUT2D eigenvalue weighted by Gasteiger charge is 2.19. The van der Waals surface area contributed by atoms with Crippen molar-refractivity contribution in [1.29, 1.82) is 0 Å². The first kappa shape index (κ1) is 22.4. The Labute approximate surface area is 136 Å². The molecule has 0 aliphatic carbocycles. The minimum atomic E-state index is -1.00. The molecule has 0 aromatic heterocycles. The molecule has 0 heterocycles. The quantitative estimate of drug-likeness (QED) is 0.845. The third-order valence-electron chi connectivity index (χ3n) is 2.96. The van der Waals surface area contributed by atoms with Crippen molar-refractivity contribution < 1.29 is 18.7 Å². The van der Waals surface area contributed by atoms with E-state index in [9.17, 15) is 18.7 Å². The first-order valence-electron chi connectivity index (χ1n) is 5.90. The molecule has 122 valence electrons. The molecule has 1 aromatic rings. The molecule has 0 bridgehead atoms. The highest BCUT2D eigenvalue weighted by atomic mass is 35.5. The van der Waals surface area contributed by atoms with Crippen molar-refractivity contribution in [3.8, 4) is 0 Å². The fourth-order valence-corrected chi connectivity index (χ4v) is 1.63. The highest BCUT2D eigenvalue weighted by molar-refractivity contribution is 7.59. The zero-order chi connectivity index (χ0) is 14.6. The Kier molecular flexibility index (Phi) is 10.6. The van der Waals surface area contributed by atoms with Gasteiger partial charge in [-0.15, -0.1) is 12.4 Å². The van der Waals surface area contributed by atoms with Crippen molar-refractivity contribution in [3.63, 3.8) is 0 Å². The van der Waals surface area contributed by atoms with Crippen molar-refractivity contribution >= 4 is 31.8 Å². The molecule has 2 atom stereocenters. The lowest BCUT2D eigenvalue weighted by Gasteiger charge is -2.24. The van der Waals surface area contributed by atoms with Gasteiger partial charge in [0, 0.05) is 26.6 Å². The van der Waals surface area contributed by atoms with Gasteiger partial charge >= 0.3 is 0 Å². The number of benzene rings is 1. The number of hydrogen-bond donors (Lipinski definition) is 2. The first-order valence-corrected chi connectivity index (χ1v) is 5.90. The molecule has 1 amide bonds. The van der Waals surface area contributed by atoms with Crippen LogP contribution in [0.25, 0.3) is 0 Å². The summed E-state index contributed by atoms with van der Waals surface area (Å²) in [7, 11) is 1.53. The van der Waals surface area contributed by atoms with Gasteiger partial charge in [0.25, 0.3) is 0 Å². The summed E-state index contributed by atoms with van der Waals surface area (Å²) >= 11 is 0. The number of nitrogens with zero attached hydrogens (tertiary/aromatic N) is 1. The Morgan fingerprint density at radius 2 is 2.00 bits per heavy atom. The lowest BCUT2D eigenvalue weighted by atomic mass is 10.0. The van der Waals surface area contributed by atoms with Crippen molar-refractivity contribution in [2.24, 2.45) is 5.73 Å². The zero-order valence-corrected chi connectivity index (χ0v) is 13.7. The molecule has 0 saturated heterocycles. The Morgan fingerprint density at radius 1 is 1.43 bits per heavy atom. The summed E-state index contributed by atoms with van der Waals surface area (Å²) in [6, 6.07) is 2.31. The van der Waals surface area contributed by atoms with E-state index in [0.717, 1.165) is 18.2 Å². The SMILES string of the molecule is CC(=O)N(C)C[C@H](O)[C@H](N)Cc1cc(F)ccc1F.Cl.S. The summed E-state index contributed by atoms with van der Waals surface area (Å²) in [6.07, 6.45) is -1.01. The van der Waals surface area contributed by atoms with Gasteiger partial charge in [0.15, 0.2) is 0 Å². The van der Waals surface area contributed by atoms with E-state index in [1.165, 1.54) is 18.9 Å². The van der Waals surface area contributed by atoms with Crippen LogP contribution in [0.3, 0.4) is 0 Å². The maximum absolute atomic E-state index is 13.4. The van der Waals surface area contributed by atoms with Gasteiger partial charge in [-0.1, -0.05) is 0 Å². The fraction of sp³-hybridized carbons (Fsp3) is 0.462. The summed E-state index contributed by atoms with van der Waals surface area (Å²) in [5.74, 6) is -1.33. The largest absolute Gasteiger partial charge is 0.390 e. The summed E-state index contributed by atoms with van der Waals surface area (Å²) in [5.41, 5.74) is 5.85. The van der Waals surface area contributed by atoms with Gasteiger partial charge in [0.2, 0.25) is 5.91 Å². The number of aliphatic hydroxyl groups excluding tert-OH is 1. The normalized spacial score (nSPS) is 12.7. The van der Waals surface area contributed by atoms with Gasteiger partial charge < -0.3 is 15.7 Å². The number of likely N-dealkylation sites (N-methyl/N-ethyl adjacent to an activating group) is 1. The number of carbonyl (C=O) groups is 1.